The van der Waals surface area contributed by atoms with Crippen LogP contribution in [0.5, 0.6) is 0 Å². The number of rotatable bonds is 5. The molecule has 0 bridgehead atoms. The second-order valence-corrected chi connectivity index (χ2v) is 3.91. The summed E-state index contributed by atoms with van der Waals surface area (Å²) in [5.41, 5.74) is 2.94. The Morgan fingerprint density at radius 2 is 2.31 bits per heavy atom. The summed E-state index contributed by atoms with van der Waals surface area (Å²) in [5.74, 6) is 4.99. The lowest BCUT2D eigenvalue weighted by Crippen LogP contribution is -2.33. The van der Waals surface area contributed by atoms with Gasteiger partial charge in [-0.05, 0) is 26.5 Å². The molecule has 0 saturated heterocycles. The van der Waals surface area contributed by atoms with Crippen molar-refractivity contribution in [2.75, 3.05) is 6.54 Å². The molecule has 0 aliphatic rings. The minimum atomic E-state index is -0.389. The average Bonchev–Trinajstić information content (AvgIpc) is 2.72. The molecular weight excluding hydrogens is 206 g/mol. The fraction of sp³-hybridized carbons (Fsp3) is 0.545. The van der Waals surface area contributed by atoms with E-state index in [9.17, 15) is 4.79 Å². The molecule has 1 aromatic heterocycles. The summed E-state index contributed by atoms with van der Waals surface area (Å²) in [5, 5.41) is 0. The summed E-state index contributed by atoms with van der Waals surface area (Å²) >= 11 is 0. The van der Waals surface area contributed by atoms with Gasteiger partial charge in [-0.2, -0.15) is 0 Å². The highest BCUT2D eigenvalue weighted by molar-refractivity contribution is 5.92. The summed E-state index contributed by atoms with van der Waals surface area (Å²) in [6, 6.07) is 2.23. The Hall–Kier alpha value is -1.33. The second kappa shape index (κ2) is 5.67. The summed E-state index contributed by atoms with van der Waals surface area (Å²) in [7, 11) is 0. The van der Waals surface area contributed by atoms with Crippen LogP contribution < -0.4 is 11.3 Å². The Balaban J connectivity index is 2.80. The molecule has 1 aromatic rings. The number of nitrogens with two attached hydrogens (primary N) is 1. The number of carbonyl (C=O) groups excluding carboxylic acids is 1. The van der Waals surface area contributed by atoms with Crippen molar-refractivity contribution >= 4 is 5.91 Å². The lowest BCUT2D eigenvalue weighted by atomic mass is 10.2. The van der Waals surface area contributed by atoms with Crippen LogP contribution in [-0.2, 0) is 6.54 Å². The van der Waals surface area contributed by atoms with E-state index < -0.39 is 0 Å². The Labute approximate surface area is 95.6 Å². The molecule has 5 heteroatoms. The van der Waals surface area contributed by atoms with Crippen LogP contribution in [0.4, 0.5) is 0 Å². The minimum absolute atomic E-state index is 0.293. The molecular formula is C11H19N3O2. The summed E-state index contributed by atoms with van der Waals surface area (Å²) in [4.78, 5) is 13.6. The maximum atomic E-state index is 11.4. The fourth-order valence-corrected chi connectivity index (χ4v) is 1.60. The Bertz CT molecular complexity index is 347. The smallest absolute Gasteiger partial charge is 0.301 e. The third-order valence-electron chi connectivity index (χ3n) is 2.59. The van der Waals surface area contributed by atoms with E-state index in [1.165, 1.54) is 6.26 Å². The monoisotopic (exact) mass is 225 g/mol. The number of carbonyl (C=O) groups is 1. The van der Waals surface area contributed by atoms with Crippen LogP contribution in [-0.4, -0.2) is 23.4 Å². The zero-order chi connectivity index (χ0) is 12.1. The normalized spacial score (nSPS) is 11.1. The lowest BCUT2D eigenvalue weighted by molar-refractivity contribution is 0.0922. The zero-order valence-corrected chi connectivity index (χ0v) is 9.99. The van der Waals surface area contributed by atoms with Crippen molar-refractivity contribution < 1.29 is 9.21 Å². The quantitative estimate of drug-likeness (QED) is 0.447. The molecule has 0 fully saturated rings. The molecule has 1 rings (SSSR count). The SMILES string of the molecule is CCN(Cc1ccoc1C(=O)NN)C(C)C. The fourth-order valence-electron chi connectivity index (χ4n) is 1.60. The van der Waals surface area contributed by atoms with E-state index >= 15 is 0 Å². The van der Waals surface area contributed by atoms with Gasteiger partial charge in [0.2, 0.25) is 0 Å². The topological polar surface area (TPSA) is 71.5 Å². The largest absolute Gasteiger partial charge is 0.459 e. The number of nitrogens with one attached hydrogen (secondary N) is 1. The highest BCUT2D eigenvalue weighted by atomic mass is 16.3. The first-order valence-corrected chi connectivity index (χ1v) is 5.41. The number of hydrazine groups is 1. The van der Waals surface area contributed by atoms with E-state index in [0.717, 1.165) is 12.1 Å². The van der Waals surface area contributed by atoms with Crippen LogP contribution in [0.1, 0.15) is 36.9 Å². The Kier molecular flexibility index (Phi) is 4.52. The molecule has 16 heavy (non-hydrogen) atoms. The van der Waals surface area contributed by atoms with Crippen molar-refractivity contribution in [3.63, 3.8) is 0 Å². The maximum Gasteiger partial charge on any atom is 0.301 e. The van der Waals surface area contributed by atoms with Crippen molar-refractivity contribution in [1.82, 2.24) is 10.3 Å². The second-order valence-electron chi connectivity index (χ2n) is 3.91. The minimum Gasteiger partial charge on any atom is -0.459 e. The van der Waals surface area contributed by atoms with E-state index in [1.54, 1.807) is 6.07 Å². The highest BCUT2D eigenvalue weighted by Gasteiger charge is 2.17. The number of nitrogens with zero attached hydrogens (tertiary/aromatic N) is 1. The molecule has 0 radical (unpaired) electrons. The lowest BCUT2D eigenvalue weighted by Gasteiger charge is -2.24. The number of hydrogen-bond acceptors (Lipinski definition) is 4. The Morgan fingerprint density at radius 1 is 1.62 bits per heavy atom. The summed E-state index contributed by atoms with van der Waals surface area (Å²) < 4.78 is 5.12. The van der Waals surface area contributed by atoms with Crippen LogP contribution >= 0.6 is 0 Å². The standard InChI is InChI=1S/C11H19N3O2/c1-4-14(8(2)3)7-9-5-6-16-10(9)11(15)13-12/h5-6,8H,4,7,12H2,1-3H3,(H,13,15). The molecule has 0 saturated carbocycles. The summed E-state index contributed by atoms with van der Waals surface area (Å²) in [6.45, 7) is 7.93. The van der Waals surface area contributed by atoms with Gasteiger partial charge in [0.15, 0.2) is 5.76 Å². The van der Waals surface area contributed by atoms with Crippen molar-refractivity contribution in [1.29, 1.82) is 0 Å². The molecule has 0 aliphatic heterocycles. The first-order chi connectivity index (χ1) is 7.60. The van der Waals surface area contributed by atoms with Gasteiger partial charge in [-0.15, -0.1) is 0 Å². The molecule has 1 heterocycles. The molecule has 0 unspecified atom stereocenters. The molecule has 0 aromatic carbocycles. The van der Waals surface area contributed by atoms with Crippen molar-refractivity contribution in [3.05, 3.63) is 23.7 Å². The van der Waals surface area contributed by atoms with Gasteiger partial charge in [-0.3, -0.25) is 15.1 Å². The average molecular weight is 225 g/mol. The van der Waals surface area contributed by atoms with Crippen LogP contribution in [0.2, 0.25) is 0 Å². The third-order valence-corrected chi connectivity index (χ3v) is 2.59. The van der Waals surface area contributed by atoms with Gasteiger partial charge in [0.1, 0.15) is 0 Å². The van der Waals surface area contributed by atoms with Gasteiger partial charge < -0.3 is 4.42 Å². The molecule has 3 N–H and O–H groups in total. The highest BCUT2D eigenvalue weighted by Crippen LogP contribution is 2.14. The van der Waals surface area contributed by atoms with Crippen molar-refractivity contribution in [2.24, 2.45) is 5.84 Å². The van der Waals surface area contributed by atoms with E-state index in [1.807, 2.05) is 0 Å². The van der Waals surface area contributed by atoms with Crippen LogP contribution in [0.15, 0.2) is 16.7 Å². The van der Waals surface area contributed by atoms with Crippen LogP contribution in [0, 0.1) is 0 Å². The number of furan rings is 1. The molecule has 0 spiro atoms. The van der Waals surface area contributed by atoms with E-state index in [0.29, 0.717) is 18.3 Å². The predicted octanol–water partition coefficient (Wildman–Crippen LogP) is 1.11. The van der Waals surface area contributed by atoms with Crippen LogP contribution in [0.25, 0.3) is 0 Å². The Morgan fingerprint density at radius 3 is 2.81 bits per heavy atom. The number of hydrogen-bond donors (Lipinski definition) is 2. The maximum absolute atomic E-state index is 11.4. The van der Waals surface area contributed by atoms with Crippen molar-refractivity contribution in [3.8, 4) is 0 Å². The van der Waals surface area contributed by atoms with Gasteiger partial charge in [-0.25, -0.2) is 5.84 Å². The summed E-state index contributed by atoms with van der Waals surface area (Å²) in [6.07, 6.45) is 1.51. The number of amides is 1. The molecule has 5 nitrogen and oxygen atoms in total. The van der Waals surface area contributed by atoms with Gasteiger partial charge in [-0.1, -0.05) is 6.92 Å². The van der Waals surface area contributed by atoms with E-state index in [2.05, 4.69) is 31.1 Å². The molecule has 0 aliphatic carbocycles. The zero-order valence-electron chi connectivity index (χ0n) is 9.99. The van der Waals surface area contributed by atoms with Crippen LogP contribution in [0.3, 0.4) is 0 Å². The molecule has 0 atom stereocenters. The number of nitrogen functional groups attached to an aromatic ring is 1. The van der Waals surface area contributed by atoms with Gasteiger partial charge in [0.25, 0.3) is 0 Å². The van der Waals surface area contributed by atoms with Gasteiger partial charge >= 0.3 is 5.91 Å². The van der Waals surface area contributed by atoms with E-state index in [-0.39, 0.29) is 5.91 Å². The predicted molar refractivity (Wildman–Crippen MR) is 61.6 cm³/mol. The first kappa shape index (κ1) is 12.7. The third kappa shape index (κ3) is 2.84. The molecule has 1 amide bonds. The first-order valence-electron chi connectivity index (χ1n) is 5.41. The van der Waals surface area contributed by atoms with Crippen molar-refractivity contribution in [2.45, 2.75) is 33.4 Å². The molecule has 90 valence electrons. The van der Waals surface area contributed by atoms with Gasteiger partial charge in [0, 0.05) is 18.2 Å². The van der Waals surface area contributed by atoms with Gasteiger partial charge in [0.05, 0.1) is 6.26 Å². The van der Waals surface area contributed by atoms with E-state index in [4.69, 9.17) is 10.3 Å².